The molecule has 28 heavy (non-hydrogen) atoms. The number of anilines is 2. The molecule has 0 heterocycles. The number of hydrogen-bond donors (Lipinski definition) is 1. The normalized spacial score (nSPS) is 11.6. The Morgan fingerprint density at radius 2 is 0.929 bits per heavy atom. The molecule has 0 saturated heterocycles. The number of hydrogen-bond acceptors (Lipinski definition) is 1. The molecule has 1 N–H and O–H groups in total. The minimum atomic E-state index is 1.08. The van der Waals surface area contributed by atoms with Crippen LogP contribution >= 0.6 is 15.9 Å². The molecule has 1 aliphatic rings. The lowest BCUT2D eigenvalue weighted by molar-refractivity contribution is 1.52. The van der Waals surface area contributed by atoms with E-state index in [0.717, 1.165) is 15.8 Å². The van der Waals surface area contributed by atoms with Crippen LogP contribution < -0.4 is 5.32 Å². The van der Waals surface area contributed by atoms with Crippen LogP contribution in [0.4, 0.5) is 11.4 Å². The highest BCUT2D eigenvalue weighted by Crippen LogP contribution is 2.31. The van der Waals surface area contributed by atoms with Gasteiger partial charge in [-0.15, -0.1) is 0 Å². The molecule has 5 rings (SSSR count). The molecule has 0 aromatic heterocycles. The van der Waals surface area contributed by atoms with Gasteiger partial charge in [-0.3, -0.25) is 0 Å². The first-order valence-corrected chi connectivity index (χ1v) is 10.1. The monoisotopic (exact) mass is 423 g/mol. The summed E-state index contributed by atoms with van der Waals surface area (Å²) in [6.07, 6.45) is 4.31. The predicted molar refractivity (Wildman–Crippen MR) is 124 cm³/mol. The van der Waals surface area contributed by atoms with E-state index in [1.165, 1.54) is 33.4 Å². The van der Waals surface area contributed by atoms with Crippen molar-refractivity contribution >= 4 is 39.5 Å². The number of rotatable bonds is 4. The summed E-state index contributed by atoms with van der Waals surface area (Å²) in [5.74, 6) is 0. The fraction of sp³-hybridized carbons (Fsp3) is 0. The molecule has 0 unspecified atom stereocenters. The van der Waals surface area contributed by atoms with Crippen LogP contribution in [0.5, 0.6) is 0 Å². The van der Waals surface area contributed by atoms with Gasteiger partial charge in [0.15, 0.2) is 0 Å². The summed E-state index contributed by atoms with van der Waals surface area (Å²) in [7, 11) is 0. The fourth-order valence-electron chi connectivity index (χ4n) is 3.43. The van der Waals surface area contributed by atoms with Crippen LogP contribution in [-0.4, -0.2) is 0 Å². The molecule has 134 valence electrons. The Bertz CT molecular complexity index is 1150. The summed E-state index contributed by atoms with van der Waals surface area (Å²) in [5, 5.41) is 3.43. The van der Waals surface area contributed by atoms with Crippen molar-refractivity contribution in [2.24, 2.45) is 0 Å². The van der Waals surface area contributed by atoms with E-state index in [1.54, 1.807) is 0 Å². The molecule has 0 saturated carbocycles. The average molecular weight is 424 g/mol. The summed E-state index contributed by atoms with van der Waals surface area (Å²) in [4.78, 5) is 0. The second kappa shape index (κ2) is 7.14. The molecule has 2 heteroatoms. The number of fused-ring (bicyclic) bond motifs is 1. The highest BCUT2D eigenvalue weighted by Gasteiger charge is 2.07. The first-order chi connectivity index (χ1) is 13.7. The smallest absolute Gasteiger partial charge is 0.0384 e. The van der Waals surface area contributed by atoms with Crippen LogP contribution in [0.1, 0.15) is 11.1 Å². The number of nitrogens with one attached hydrogen (secondary N) is 1. The molecular weight excluding hydrogens is 406 g/mol. The maximum Gasteiger partial charge on any atom is 0.0384 e. The Kier molecular flexibility index (Phi) is 4.34. The lowest BCUT2D eigenvalue weighted by Gasteiger charge is -2.12. The highest BCUT2D eigenvalue weighted by molar-refractivity contribution is 9.10. The Balaban J connectivity index is 1.33. The predicted octanol–water partition coefficient (Wildman–Crippen LogP) is 8.01. The van der Waals surface area contributed by atoms with Gasteiger partial charge < -0.3 is 5.32 Å². The van der Waals surface area contributed by atoms with Crippen LogP contribution in [0.3, 0.4) is 0 Å². The van der Waals surface area contributed by atoms with Crippen LogP contribution in [0.15, 0.2) is 95.5 Å². The second-order valence-corrected chi connectivity index (χ2v) is 7.88. The molecule has 0 spiro atoms. The number of halogens is 1. The van der Waals surface area contributed by atoms with E-state index in [9.17, 15) is 0 Å². The van der Waals surface area contributed by atoms with E-state index >= 15 is 0 Å². The minimum Gasteiger partial charge on any atom is -0.356 e. The third-order valence-corrected chi connectivity index (χ3v) is 5.63. The zero-order chi connectivity index (χ0) is 18.9. The molecular formula is C26H18BrN. The zero-order valence-corrected chi connectivity index (χ0v) is 16.8. The molecule has 4 aromatic rings. The fourth-order valence-corrected chi connectivity index (χ4v) is 3.70. The summed E-state index contributed by atoms with van der Waals surface area (Å²) in [6, 6.07) is 32.2. The van der Waals surface area contributed by atoms with Crippen molar-refractivity contribution in [2.45, 2.75) is 0 Å². The van der Waals surface area contributed by atoms with Crippen molar-refractivity contribution in [3.05, 3.63) is 107 Å². The largest absolute Gasteiger partial charge is 0.356 e. The lowest BCUT2D eigenvalue weighted by Crippen LogP contribution is -1.90. The minimum absolute atomic E-state index is 1.08. The van der Waals surface area contributed by atoms with E-state index in [0.29, 0.717) is 0 Å². The Labute approximate surface area is 173 Å². The summed E-state index contributed by atoms with van der Waals surface area (Å²) >= 11 is 3.46. The van der Waals surface area contributed by atoms with Gasteiger partial charge in [0.05, 0.1) is 0 Å². The highest BCUT2D eigenvalue weighted by atomic mass is 79.9. The molecule has 0 fully saturated rings. The van der Waals surface area contributed by atoms with Crippen molar-refractivity contribution in [1.29, 1.82) is 0 Å². The van der Waals surface area contributed by atoms with Gasteiger partial charge in [-0.1, -0.05) is 76.6 Å². The van der Waals surface area contributed by atoms with Gasteiger partial charge in [0.2, 0.25) is 0 Å². The van der Waals surface area contributed by atoms with E-state index in [-0.39, 0.29) is 0 Å². The van der Waals surface area contributed by atoms with Gasteiger partial charge in [-0.2, -0.15) is 0 Å². The SMILES string of the molecule is Brc1ccc(Nc2ccc(-c3ccc(-c4ccc5c(c4)C=C5)cc3)cc2)cc1. The molecule has 0 amide bonds. The average Bonchev–Trinajstić information content (AvgIpc) is 2.72. The van der Waals surface area contributed by atoms with Crippen LogP contribution in [0.25, 0.3) is 34.4 Å². The van der Waals surface area contributed by atoms with Crippen LogP contribution in [-0.2, 0) is 0 Å². The molecule has 0 aliphatic heterocycles. The maximum atomic E-state index is 3.46. The summed E-state index contributed by atoms with van der Waals surface area (Å²) in [5.41, 5.74) is 9.78. The standard InChI is InChI=1S/C26H18BrN/c27-24-11-15-26(16-12-24)28-25-13-9-19(10-14-25)18-1-3-20(4-2-18)22-7-5-21-6-8-23(21)17-22/h1-17,28H. The van der Waals surface area contributed by atoms with Crippen molar-refractivity contribution in [2.75, 3.05) is 5.32 Å². The van der Waals surface area contributed by atoms with E-state index < -0.39 is 0 Å². The Morgan fingerprint density at radius 3 is 1.46 bits per heavy atom. The van der Waals surface area contributed by atoms with Crippen molar-refractivity contribution in [1.82, 2.24) is 0 Å². The van der Waals surface area contributed by atoms with Gasteiger partial charge in [-0.05, 0) is 75.8 Å². The third kappa shape index (κ3) is 3.39. The van der Waals surface area contributed by atoms with Gasteiger partial charge in [-0.25, -0.2) is 0 Å². The maximum absolute atomic E-state index is 3.46. The van der Waals surface area contributed by atoms with Crippen LogP contribution in [0.2, 0.25) is 0 Å². The van der Waals surface area contributed by atoms with E-state index in [1.807, 2.05) is 12.1 Å². The van der Waals surface area contributed by atoms with E-state index in [4.69, 9.17) is 0 Å². The zero-order valence-electron chi connectivity index (χ0n) is 15.2. The van der Waals surface area contributed by atoms with Gasteiger partial charge in [0.25, 0.3) is 0 Å². The van der Waals surface area contributed by atoms with E-state index in [2.05, 4.69) is 112 Å². The first kappa shape index (κ1) is 17.0. The van der Waals surface area contributed by atoms with Crippen molar-refractivity contribution in [3.8, 4) is 22.3 Å². The first-order valence-electron chi connectivity index (χ1n) is 9.30. The Morgan fingerprint density at radius 1 is 0.464 bits per heavy atom. The van der Waals surface area contributed by atoms with Gasteiger partial charge in [0, 0.05) is 15.8 Å². The second-order valence-electron chi connectivity index (χ2n) is 6.96. The number of benzene rings is 4. The summed E-state index contributed by atoms with van der Waals surface area (Å²) < 4.78 is 1.08. The molecule has 0 radical (unpaired) electrons. The summed E-state index contributed by atoms with van der Waals surface area (Å²) in [6.45, 7) is 0. The molecule has 4 aromatic carbocycles. The molecule has 1 nitrogen and oxygen atoms in total. The topological polar surface area (TPSA) is 12.0 Å². The quantitative estimate of drug-likeness (QED) is 0.308. The van der Waals surface area contributed by atoms with Crippen molar-refractivity contribution in [3.63, 3.8) is 0 Å². The Hall–Kier alpha value is -3.10. The third-order valence-electron chi connectivity index (χ3n) is 5.10. The van der Waals surface area contributed by atoms with Crippen LogP contribution in [0, 0.1) is 0 Å². The van der Waals surface area contributed by atoms with Gasteiger partial charge >= 0.3 is 0 Å². The van der Waals surface area contributed by atoms with Gasteiger partial charge in [0.1, 0.15) is 0 Å². The molecule has 0 bridgehead atoms. The molecule has 0 atom stereocenters. The van der Waals surface area contributed by atoms with Crippen molar-refractivity contribution < 1.29 is 0 Å². The molecule has 1 aliphatic carbocycles. The lowest BCUT2D eigenvalue weighted by atomic mass is 9.92.